The quantitative estimate of drug-likeness (QED) is 0.725. The molecule has 1 aliphatic heterocycles. The average molecular weight is 235 g/mol. The van der Waals surface area contributed by atoms with Gasteiger partial charge in [-0.25, -0.2) is 9.97 Å². The summed E-state index contributed by atoms with van der Waals surface area (Å²) in [5.74, 6) is 0.789. The molecule has 1 atom stereocenters. The lowest BCUT2D eigenvalue weighted by Gasteiger charge is -2.39. The van der Waals surface area contributed by atoms with Gasteiger partial charge in [0.15, 0.2) is 0 Å². The Morgan fingerprint density at radius 2 is 2.35 bits per heavy atom. The molecule has 2 heterocycles. The Hall–Kier alpha value is -1.49. The van der Waals surface area contributed by atoms with Crippen molar-refractivity contribution in [1.82, 2.24) is 14.9 Å². The van der Waals surface area contributed by atoms with Crippen LogP contribution in [0.25, 0.3) is 0 Å². The van der Waals surface area contributed by atoms with Crippen LogP contribution in [-0.2, 0) is 15.1 Å². The first-order valence-corrected chi connectivity index (χ1v) is 5.71. The summed E-state index contributed by atoms with van der Waals surface area (Å²) in [4.78, 5) is 21.7. The lowest BCUT2D eigenvalue weighted by molar-refractivity contribution is -0.148. The molecule has 5 nitrogen and oxygen atoms in total. The van der Waals surface area contributed by atoms with E-state index in [0.29, 0.717) is 25.5 Å². The number of rotatable bonds is 1. The zero-order valence-corrected chi connectivity index (χ0v) is 10.4. The van der Waals surface area contributed by atoms with Crippen molar-refractivity contribution < 1.29 is 9.53 Å². The molecular formula is C12H17N3O2. The molecule has 0 aliphatic carbocycles. The second-order valence-corrected chi connectivity index (χ2v) is 4.51. The van der Waals surface area contributed by atoms with E-state index in [1.54, 1.807) is 18.0 Å². The van der Waals surface area contributed by atoms with Gasteiger partial charge in [-0.05, 0) is 19.9 Å². The van der Waals surface area contributed by atoms with E-state index in [1.807, 2.05) is 19.9 Å². The predicted octanol–water partition coefficient (Wildman–Crippen LogP) is 0.879. The minimum absolute atomic E-state index is 0.0744. The van der Waals surface area contributed by atoms with E-state index in [-0.39, 0.29) is 5.91 Å². The molecule has 5 heteroatoms. The molecule has 0 spiro atoms. The largest absolute Gasteiger partial charge is 0.365 e. The van der Waals surface area contributed by atoms with Gasteiger partial charge in [0, 0.05) is 19.7 Å². The maximum atomic E-state index is 11.4. The maximum absolute atomic E-state index is 11.4. The molecular weight excluding hydrogens is 218 g/mol. The third-order valence-electron chi connectivity index (χ3n) is 3.04. The normalized spacial score (nSPS) is 24.8. The Balaban J connectivity index is 2.26. The highest BCUT2D eigenvalue weighted by Crippen LogP contribution is 2.27. The summed E-state index contributed by atoms with van der Waals surface area (Å²) in [6.45, 7) is 7.12. The van der Waals surface area contributed by atoms with Crippen LogP contribution in [0.3, 0.4) is 0 Å². The van der Waals surface area contributed by atoms with E-state index in [4.69, 9.17) is 4.74 Å². The van der Waals surface area contributed by atoms with Crippen molar-refractivity contribution in [2.45, 2.75) is 26.4 Å². The van der Waals surface area contributed by atoms with E-state index in [2.05, 4.69) is 9.97 Å². The van der Waals surface area contributed by atoms with Gasteiger partial charge in [-0.15, -0.1) is 0 Å². The summed E-state index contributed by atoms with van der Waals surface area (Å²) in [6, 6.07) is 1.84. The molecule has 2 rings (SSSR count). The number of nitrogens with zero attached hydrogens (tertiary/aromatic N) is 3. The zero-order valence-electron chi connectivity index (χ0n) is 10.4. The second kappa shape index (κ2) is 4.41. The number of hydrogen-bond acceptors (Lipinski definition) is 4. The van der Waals surface area contributed by atoms with Crippen LogP contribution < -0.4 is 0 Å². The third-order valence-corrected chi connectivity index (χ3v) is 3.04. The molecule has 92 valence electrons. The Morgan fingerprint density at radius 1 is 1.59 bits per heavy atom. The lowest BCUT2D eigenvalue weighted by atomic mass is 9.99. The van der Waals surface area contributed by atoms with Gasteiger partial charge in [0.25, 0.3) is 0 Å². The summed E-state index contributed by atoms with van der Waals surface area (Å²) in [6.07, 6.45) is 1.72. The van der Waals surface area contributed by atoms with Crippen molar-refractivity contribution in [3.8, 4) is 0 Å². The molecule has 17 heavy (non-hydrogen) atoms. The lowest BCUT2D eigenvalue weighted by Crippen LogP contribution is -2.50. The molecule has 1 saturated heterocycles. The smallest absolute Gasteiger partial charge is 0.219 e. The number of carbonyl (C=O) groups excluding carboxylic acids is 1. The Morgan fingerprint density at radius 3 is 3.00 bits per heavy atom. The fourth-order valence-corrected chi connectivity index (χ4v) is 2.04. The van der Waals surface area contributed by atoms with Gasteiger partial charge in [0.2, 0.25) is 5.91 Å². The van der Waals surface area contributed by atoms with Gasteiger partial charge in [-0.1, -0.05) is 0 Å². The van der Waals surface area contributed by atoms with Crippen LogP contribution >= 0.6 is 0 Å². The van der Waals surface area contributed by atoms with E-state index in [1.165, 1.54) is 0 Å². The van der Waals surface area contributed by atoms with E-state index >= 15 is 0 Å². The highest BCUT2D eigenvalue weighted by atomic mass is 16.5. The van der Waals surface area contributed by atoms with Crippen molar-refractivity contribution in [3.63, 3.8) is 0 Å². The van der Waals surface area contributed by atoms with Gasteiger partial charge < -0.3 is 9.64 Å². The minimum Gasteiger partial charge on any atom is -0.365 e. The first kappa shape index (κ1) is 12.0. The first-order chi connectivity index (χ1) is 8.01. The molecule has 1 aliphatic rings. The fourth-order valence-electron chi connectivity index (χ4n) is 2.04. The summed E-state index contributed by atoms with van der Waals surface area (Å²) >= 11 is 0. The molecule has 0 saturated carbocycles. The van der Waals surface area contributed by atoms with Gasteiger partial charge in [0.1, 0.15) is 11.4 Å². The molecule has 0 aromatic carbocycles. The van der Waals surface area contributed by atoms with Gasteiger partial charge in [-0.2, -0.15) is 0 Å². The van der Waals surface area contributed by atoms with Crippen LogP contribution in [0.4, 0.5) is 0 Å². The number of aromatic nitrogens is 2. The molecule has 1 aromatic heterocycles. The summed E-state index contributed by atoms with van der Waals surface area (Å²) in [7, 11) is 0. The molecule has 1 aromatic rings. The molecule has 0 unspecified atom stereocenters. The number of aryl methyl sites for hydroxylation is 1. The maximum Gasteiger partial charge on any atom is 0.219 e. The van der Waals surface area contributed by atoms with E-state index < -0.39 is 5.60 Å². The monoisotopic (exact) mass is 235 g/mol. The number of carbonyl (C=O) groups is 1. The highest BCUT2D eigenvalue weighted by molar-refractivity contribution is 5.73. The van der Waals surface area contributed by atoms with Gasteiger partial charge in [0.05, 0.1) is 18.8 Å². The fraction of sp³-hybridized carbons (Fsp3) is 0.583. The van der Waals surface area contributed by atoms with Gasteiger partial charge >= 0.3 is 0 Å². The van der Waals surface area contributed by atoms with Crippen LogP contribution in [0.15, 0.2) is 12.3 Å². The zero-order chi connectivity index (χ0) is 12.5. The molecule has 0 N–H and O–H groups in total. The van der Waals surface area contributed by atoms with Crippen LogP contribution in [0, 0.1) is 6.92 Å². The van der Waals surface area contributed by atoms with Crippen molar-refractivity contribution in [2.24, 2.45) is 0 Å². The van der Waals surface area contributed by atoms with Crippen LogP contribution in [0.1, 0.15) is 25.4 Å². The van der Waals surface area contributed by atoms with Crippen molar-refractivity contribution >= 4 is 5.91 Å². The minimum atomic E-state index is -0.530. The Bertz CT molecular complexity index is 436. The van der Waals surface area contributed by atoms with Crippen LogP contribution in [-0.4, -0.2) is 40.5 Å². The second-order valence-electron chi connectivity index (χ2n) is 4.51. The molecule has 0 radical (unpaired) electrons. The summed E-state index contributed by atoms with van der Waals surface area (Å²) in [5.41, 5.74) is 0.299. The van der Waals surface area contributed by atoms with Crippen molar-refractivity contribution in [1.29, 1.82) is 0 Å². The van der Waals surface area contributed by atoms with E-state index in [9.17, 15) is 4.79 Å². The number of amides is 1. The number of ether oxygens (including phenoxy) is 1. The standard InChI is InChI=1S/C12H17N3O2/c1-9-13-5-4-11(14-9)12(3)8-15(10(2)16)6-7-17-12/h4-5H,6-8H2,1-3H3/t12-/m0/s1. The molecule has 1 amide bonds. The number of hydrogen-bond donors (Lipinski definition) is 0. The van der Waals surface area contributed by atoms with Crippen molar-refractivity contribution in [2.75, 3.05) is 19.7 Å². The number of morpholine rings is 1. The average Bonchev–Trinajstić information content (AvgIpc) is 2.29. The molecule has 0 bridgehead atoms. The van der Waals surface area contributed by atoms with Crippen molar-refractivity contribution in [3.05, 3.63) is 23.8 Å². The SMILES string of the molecule is CC(=O)N1CCO[C@](C)(c2ccnc(C)n2)C1. The molecule has 1 fully saturated rings. The van der Waals surface area contributed by atoms with E-state index in [0.717, 1.165) is 5.69 Å². The predicted molar refractivity (Wildman–Crippen MR) is 62.3 cm³/mol. The third kappa shape index (κ3) is 2.44. The summed E-state index contributed by atoms with van der Waals surface area (Å²) < 4.78 is 5.80. The Kier molecular flexibility index (Phi) is 3.11. The highest BCUT2D eigenvalue weighted by Gasteiger charge is 2.36. The van der Waals surface area contributed by atoms with Crippen LogP contribution in [0.2, 0.25) is 0 Å². The van der Waals surface area contributed by atoms with Gasteiger partial charge in [-0.3, -0.25) is 4.79 Å². The first-order valence-electron chi connectivity index (χ1n) is 5.71. The van der Waals surface area contributed by atoms with Crippen LogP contribution in [0.5, 0.6) is 0 Å². The Labute approximate surface area is 101 Å². The summed E-state index contributed by atoms with van der Waals surface area (Å²) in [5, 5.41) is 0. The topological polar surface area (TPSA) is 55.3 Å².